The molecule has 1 atom stereocenters. The molecule has 0 aliphatic carbocycles. The molecule has 0 saturated heterocycles. The number of carbonyl (C=O) groups is 1. The number of unbranched alkanes of at least 4 members (excludes halogenated alkanes) is 5. The zero-order chi connectivity index (χ0) is 13.6. The summed E-state index contributed by atoms with van der Waals surface area (Å²) >= 11 is 0. The molecule has 0 aromatic rings. The monoisotopic (exact) mass is 252 g/mol. The number of allylic oxidation sites excluding steroid dienone is 3. The molecule has 0 spiro atoms. The highest BCUT2D eigenvalue weighted by molar-refractivity contribution is 5.66. The summed E-state index contributed by atoms with van der Waals surface area (Å²) in [6, 6.07) is 0. The molecule has 2 nitrogen and oxygen atoms in total. The van der Waals surface area contributed by atoms with Gasteiger partial charge in [0.15, 0.2) is 0 Å². The molecular weight excluding hydrogens is 224 g/mol. The van der Waals surface area contributed by atoms with Crippen LogP contribution in [0.2, 0.25) is 0 Å². The van der Waals surface area contributed by atoms with Crippen LogP contribution in [0.15, 0.2) is 24.8 Å². The molecule has 0 rings (SSSR count). The highest BCUT2D eigenvalue weighted by atomic mass is 16.4. The molecule has 1 unspecified atom stereocenters. The lowest BCUT2D eigenvalue weighted by Crippen LogP contribution is -2.03. The van der Waals surface area contributed by atoms with Crippen molar-refractivity contribution < 1.29 is 9.90 Å². The molecule has 18 heavy (non-hydrogen) atoms. The van der Waals surface area contributed by atoms with Crippen LogP contribution < -0.4 is 0 Å². The van der Waals surface area contributed by atoms with Crippen molar-refractivity contribution in [3.05, 3.63) is 24.8 Å². The van der Waals surface area contributed by atoms with Crippen LogP contribution in [0.5, 0.6) is 0 Å². The summed E-state index contributed by atoms with van der Waals surface area (Å²) in [5, 5.41) is 8.63. The molecule has 0 saturated carbocycles. The minimum atomic E-state index is -0.672. The first kappa shape index (κ1) is 16.9. The Kier molecular flexibility index (Phi) is 11.7. The van der Waals surface area contributed by atoms with Gasteiger partial charge in [-0.25, -0.2) is 0 Å². The summed E-state index contributed by atoms with van der Waals surface area (Å²) in [5.74, 6) is -0.349. The normalized spacial score (nSPS) is 12.7. The van der Waals surface area contributed by atoms with E-state index in [2.05, 4.69) is 18.7 Å². The van der Waals surface area contributed by atoms with E-state index in [0.29, 0.717) is 12.3 Å². The van der Waals surface area contributed by atoms with Gasteiger partial charge in [0.25, 0.3) is 0 Å². The van der Waals surface area contributed by atoms with Crippen LogP contribution in [0.25, 0.3) is 0 Å². The van der Waals surface area contributed by atoms with Crippen molar-refractivity contribution in [2.24, 2.45) is 5.92 Å². The van der Waals surface area contributed by atoms with Gasteiger partial charge in [0.1, 0.15) is 0 Å². The molecule has 0 aliphatic heterocycles. The quantitative estimate of drug-likeness (QED) is 0.394. The van der Waals surface area contributed by atoms with Crippen LogP contribution in [0.4, 0.5) is 0 Å². The van der Waals surface area contributed by atoms with Gasteiger partial charge >= 0.3 is 5.97 Å². The summed E-state index contributed by atoms with van der Waals surface area (Å²) in [7, 11) is 0. The molecule has 0 amide bonds. The lowest BCUT2D eigenvalue weighted by atomic mass is 9.99. The third kappa shape index (κ3) is 13.0. The molecule has 2 heteroatoms. The van der Waals surface area contributed by atoms with E-state index in [1.54, 1.807) is 0 Å². The first-order valence-electron chi connectivity index (χ1n) is 7.14. The fourth-order valence-electron chi connectivity index (χ4n) is 2.00. The number of carboxylic acids is 1. The standard InChI is InChI=1S/C16H28O2/c1-3-4-5-6-7-8-9-10-11-12-13-15(2)14-16(17)18/h3,5-6,15H,1,4,7-14H2,2H3,(H,17,18)/b6-5-. The smallest absolute Gasteiger partial charge is 0.303 e. The molecule has 0 fully saturated rings. The predicted molar refractivity (Wildman–Crippen MR) is 77.7 cm³/mol. The van der Waals surface area contributed by atoms with Crippen LogP contribution >= 0.6 is 0 Å². The van der Waals surface area contributed by atoms with Crippen LogP contribution in [0.1, 0.15) is 64.7 Å². The lowest BCUT2D eigenvalue weighted by Gasteiger charge is -2.07. The fourth-order valence-corrected chi connectivity index (χ4v) is 2.00. The molecule has 0 aromatic heterocycles. The Bertz CT molecular complexity index is 243. The van der Waals surface area contributed by atoms with Gasteiger partial charge in [-0.05, 0) is 25.2 Å². The minimum Gasteiger partial charge on any atom is -0.481 e. The van der Waals surface area contributed by atoms with Gasteiger partial charge in [0.2, 0.25) is 0 Å². The highest BCUT2D eigenvalue weighted by Crippen LogP contribution is 2.14. The van der Waals surface area contributed by atoms with Crippen LogP contribution in [-0.2, 0) is 4.79 Å². The maximum atomic E-state index is 10.5. The molecule has 0 aromatic carbocycles. The van der Waals surface area contributed by atoms with E-state index in [9.17, 15) is 4.79 Å². The molecule has 104 valence electrons. The second-order valence-electron chi connectivity index (χ2n) is 5.04. The molecular formula is C16H28O2. The summed E-state index contributed by atoms with van der Waals surface area (Å²) in [6.45, 7) is 5.70. The van der Waals surface area contributed by atoms with E-state index in [0.717, 1.165) is 12.8 Å². The molecule has 1 N–H and O–H groups in total. The maximum Gasteiger partial charge on any atom is 0.303 e. The zero-order valence-electron chi connectivity index (χ0n) is 11.7. The Morgan fingerprint density at radius 2 is 1.83 bits per heavy atom. The van der Waals surface area contributed by atoms with Gasteiger partial charge in [-0.3, -0.25) is 4.79 Å². The van der Waals surface area contributed by atoms with Gasteiger partial charge in [-0.2, -0.15) is 0 Å². The summed E-state index contributed by atoms with van der Waals surface area (Å²) in [6.07, 6.45) is 16.0. The van der Waals surface area contributed by atoms with Gasteiger partial charge in [0.05, 0.1) is 0 Å². The van der Waals surface area contributed by atoms with E-state index in [1.165, 1.54) is 38.5 Å². The highest BCUT2D eigenvalue weighted by Gasteiger charge is 2.06. The van der Waals surface area contributed by atoms with E-state index in [1.807, 2.05) is 13.0 Å². The Labute approximate surface area is 112 Å². The Balaban J connectivity index is 3.20. The first-order valence-corrected chi connectivity index (χ1v) is 7.14. The number of carboxylic acid groups (broad SMARTS) is 1. The van der Waals surface area contributed by atoms with Crippen LogP contribution in [-0.4, -0.2) is 11.1 Å². The van der Waals surface area contributed by atoms with Crippen molar-refractivity contribution in [3.8, 4) is 0 Å². The number of rotatable bonds is 12. The second-order valence-corrected chi connectivity index (χ2v) is 5.04. The first-order chi connectivity index (χ1) is 8.66. The van der Waals surface area contributed by atoms with E-state index in [4.69, 9.17) is 5.11 Å². The third-order valence-electron chi connectivity index (χ3n) is 3.06. The van der Waals surface area contributed by atoms with Gasteiger partial charge in [-0.1, -0.05) is 57.3 Å². The van der Waals surface area contributed by atoms with Crippen LogP contribution in [0, 0.1) is 5.92 Å². The maximum absolute atomic E-state index is 10.5. The van der Waals surface area contributed by atoms with Crippen molar-refractivity contribution >= 4 is 5.97 Å². The Hall–Kier alpha value is -1.05. The van der Waals surface area contributed by atoms with Crippen molar-refractivity contribution in [2.45, 2.75) is 64.7 Å². The van der Waals surface area contributed by atoms with Crippen molar-refractivity contribution in [2.75, 3.05) is 0 Å². The van der Waals surface area contributed by atoms with Crippen LogP contribution in [0.3, 0.4) is 0 Å². The second kappa shape index (κ2) is 12.4. The summed E-state index contributed by atoms with van der Waals surface area (Å²) < 4.78 is 0. The van der Waals surface area contributed by atoms with Crippen molar-refractivity contribution in [1.29, 1.82) is 0 Å². The van der Waals surface area contributed by atoms with E-state index >= 15 is 0 Å². The average Bonchev–Trinajstić information content (AvgIpc) is 2.30. The number of hydrogen-bond acceptors (Lipinski definition) is 1. The summed E-state index contributed by atoms with van der Waals surface area (Å²) in [4.78, 5) is 10.5. The fraction of sp³-hybridized carbons (Fsp3) is 0.688. The topological polar surface area (TPSA) is 37.3 Å². The SMILES string of the molecule is C=CC/C=C\CCCCCCCC(C)CC(=O)O. The minimum absolute atomic E-state index is 0.314. The molecule has 0 aliphatic rings. The number of aliphatic carboxylic acids is 1. The number of hydrogen-bond donors (Lipinski definition) is 1. The Morgan fingerprint density at radius 3 is 2.50 bits per heavy atom. The van der Waals surface area contributed by atoms with Crippen molar-refractivity contribution in [1.82, 2.24) is 0 Å². The van der Waals surface area contributed by atoms with Gasteiger partial charge in [0, 0.05) is 6.42 Å². The van der Waals surface area contributed by atoms with E-state index < -0.39 is 5.97 Å². The lowest BCUT2D eigenvalue weighted by molar-refractivity contribution is -0.138. The average molecular weight is 252 g/mol. The van der Waals surface area contributed by atoms with Gasteiger partial charge in [-0.15, -0.1) is 6.58 Å². The zero-order valence-corrected chi connectivity index (χ0v) is 11.7. The predicted octanol–water partition coefficient (Wildman–Crippen LogP) is 4.96. The van der Waals surface area contributed by atoms with Crippen molar-refractivity contribution in [3.63, 3.8) is 0 Å². The largest absolute Gasteiger partial charge is 0.481 e. The third-order valence-corrected chi connectivity index (χ3v) is 3.06. The molecule has 0 radical (unpaired) electrons. The molecule has 0 bridgehead atoms. The van der Waals surface area contributed by atoms with E-state index in [-0.39, 0.29) is 0 Å². The molecule has 0 heterocycles. The Morgan fingerprint density at radius 1 is 1.17 bits per heavy atom. The van der Waals surface area contributed by atoms with Gasteiger partial charge < -0.3 is 5.11 Å². The summed E-state index contributed by atoms with van der Waals surface area (Å²) in [5.41, 5.74) is 0.